The molecule has 9 nitrogen and oxygen atoms in total. The van der Waals surface area contributed by atoms with Crippen molar-refractivity contribution in [2.24, 2.45) is 0 Å². The summed E-state index contributed by atoms with van der Waals surface area (Å²) in [5.41, 5.74) is 5.18. The molecule has 1 saturated heterocycles. The maximum atomic E-state index is 13.9. The summed E-state index contributed by atoms with van der Waals surface area (Å²) < 4.78 is 54.0. The molecule has 41 heavy (non-hydrogen) atoms. The SMILES string of the molecule is O=C(O)CCN(C1CCOC(C2C=Cc3c(CNO)cccc32)C1)S(=O)(=O)c1ccc(Oc2ccc(F)cc2)cc1. The molecule has 11 heteroatoms. The molecule has 3 aromatic rings. The van der Waals surface area contributed by atoms with Crippen LogP contribution in [0.1, 0.15) is 41.9 Å². The minimum Gasteiger partial charge on any atom is -0.481 e. The average Bonchev–Trinajstić information content (AvgIpc) is 3.40. The predicted octanol–water partition coefficient (Wildman–Crippen LogP) is 4.92. The van der Waals surface area contributed by atoms with Crippen molar-refractivity contribution in [3.8, 4) is 11.5 Å². The van der Waals surface area contributed by atoms with E-state index >= 15 is 0 Å². The first-order valence-electron chi connectivity index (χ1n) is 13.3. The van der Waals surface area contributed by atoms with Gasteiger partial charge in [-0.05, 0) is 78.1 Å². The molecule has 1 fully saturated rings. The van der Waals surface area contributed by atoms with Crippen LogP contribution in [0.3, 0.4) is 0 Å². The lowest BCUT2D eigenvalue weighted by Gasteiger charge is -2.38. The molecule has 0 amide bonds. The van der Waals surface area contributed by atoms with Crippen molar-refractivity contribution in [3.05, 3.63) is 95.3 Å². The summed E-state index contributed by atoms with van der Waals surface area (Å²) >= 11 is 0. The van der Waals surface area contributed by atoms with Crippen LogP contribution >= 0.6 is 0 Å². The number of ether oxygens (including phenoxy) is 2. The van der Waals surface area contributed by atoms with E-state index in [-0.39, 0.29) is 29.9 Å². The summed E-state index contributed by atoms with van der Waals surface area (Å²) in [5.74, 6) is -0.803. The minimum absolute atomic E-state index is 0.0182. The van der Waals surface area contributed by atoms with Crippen LogP contribution in [0.5, 0.6) is 11.5 Å². The maximum absolute atomic E-state index is 13.9. The highest BCUT2D eigenvalue weighted by molar-refractivity contribution is 7.89. The fourth-order valence-electron chi connectivity index (χ4n) is 5.47. The van der Waals surface area contributed by atoms with Crippen molar-refractivity contribution in [3.63, 3.8) is 0 Å². The number of hydrogen-bond donors (Lipinski definition) is 3. The number of hydroxylamine groups is 1. The zero-order chi connectivity index (χ0) is 29.0. The number of hydrogen-bond acceptors (Lipinski definition) is 7. The normalized spacial score (nSPS) is 20.2. The van der Waals surface area contributed by atoms with Gasteiger partial charge < -0.3 is 19.8 Å². The van der Waals surface area contributed by atoms with E-state index in [1.54, 1.807) is 0 Å². The van der Waals surface area contributed by atoms with Crippen LogP contribution in [0, 0.1) is 5.82 Å². The van der Waals surface area contributed by atoms with Gasteiger partial charge in [-0.25, -0.2) is 18.3 Å². The second kappa shape index (κ2) is 12.5. The van der Waals surface area contributed by atoms with Crippen LogP contribution in [0.2, 0.25) is 0 Å². The highest BCUT2D eigenvalue weighted by Gasteiger charge is 2.39. The van der Waals surface area contributed by atoms with Crippen molar-refractivity contribution in [2.45, 2.75) is 48.8 Å². The molecule has 1 heterocycles. The molecule has 0 aromatic heterocycles. The Hall–Kier alpha value is -3.61. The molecule has 3 N–H and O–H groups in total. The first-order valence-corrected chi connectivity index (χ1v) is 14.8. The van der Waals surface area contributed by atoms with Crippen molar-refractivity contribution in [1.29, 1.82) is 0 Å². The van der Waals surface area contributed by atoms with Crippen LogP contribution in [-0.4, -0.2) is 54.3 Å². The second-order valence-corrected chi connectivity index (χ2v) is 11.9. The van der Waals surface area contributed by atoms with E-state index in [9.17, 15) is 27.9 Å². The number of benzene rings is 3. The molecule has 3 unspecified atom stereocenters. The third kappa shape index (κ3) is 6.50. The number of nitrogens with zero attached hydrogens (tertiary/aromatic N) is 1. The summed E-state index contributed by atoms with van der Waals surface area (Å²) in [5, 5.41) is 18.6. The van der Waals surface area contributed by atoms with Gasteiger partial charge in [-0.15, -0.1) is 0 Å². The Morgan fingerprint density at radius 2 is 1.78 bits per heavy atom. The molecule has 3 aromatic carbocycles. The van der Waals surface area contributed by atoms with E-state index in [4.69, 9.17) is 9.47 Å². The Labute approximate surface area is 237 Å². The molecule has 216 valence electrons. The van der Waals surface area contributed by atoms with E-state index in [0.717, 1.165) is 16.7 Å². The molecular formula is C30H31FN2O7S. The van der Waals surface area contributed by atoms with Gasteiger partial charge in [0.05, 0.1) is 17.4 Å². The Balaban J connectivity index is 1.36. The standard InChI is InChI=1S/C30H31FN2O7S/c31-21-4-6-23(7-5-21)40-24-8-10-25(11-9-24)41(37,38)33(16-14-30(34)35)22-15-17-39-29(18-22)28-13-12-26-20(19-32-36)2-1-3-27(26)28/h1-13,22,28-29,32,36H,14-19H2,(H,34,35). The fraction of sp³-hybridized carbons (Fsp3) is 0.300. The molecule has 1 aliphatic heterocycles. The number of nitrogens with one attached hydrogen (secondary N) is 1. The number of halogens is 1. The zero-order valence-electron chi connectivity index (χ0n) is 22.1. The Morgan fingerprint density at radius 1 is 1.07 bits per heavy atom. The molecule has 0 saturated carbocycles. The summed E-state index contributed by atoms with van der Waals surface area (Å²) in [6, 6.07) is 16.7. The van der Waals surface area contributed by atoms with Crippen molar-refractivity contribution >= 4 is 22.1 Å². The Morgan fingerprint density at radius 3 is 2.46 bits per heavy atom. The average molecular weight is 583 g/mol. The molecular weight excluding hydrogens is 551 g/mol. The fourth-order valence-corrected chi connectivity index (χ4v) is 7.14. The van der Waals surface area contributed by atoms with E-state index in [2.05, 4.69) is 5.48 Å². The molecule has 1 aliphatic carbocycles. The first kappa shape index (κ1) is 28.9. The van der Waals surface area contributed by atoms with Gasteiger partial charge in [-0.3, -0.25) is 4.79 Å². The highest BCUT2D eigenvalue weighted by Crippen LogP contribution is 2.40. The van der Waals surface area contributed by atoms with Gasteiger partial charge >= 0.3 is 5.97 Å². The lowest BCUT2D eigenvalue weighted by molar-refractivity contribution is -0.137. The Bertz CT molecular complexity index is 1510. The number of rotatable bonds is 11. The summed E-state index contributed by atoms with van der Waals surface area (Å²) in [6.07, 6.45) is 4.21. The van der Waals surface area contributed by atoms with Crippen molar-refractivity contribution in [2.75, 3.05) is 13.2 Å². The van der Waals surface area contributed by atoms with E-state index < -0.39 is 27.9 Å². The van der Waals surface area contributed by atoms with Gasteiger partial charge in [-0.2, -0.15) is 4.31 Å². The van der Waals surface area contributed by atoms with E-state index in [1.807, 2.05) is 30.4 Å². The largest absolute Gasteiger partial charge is 0.481 e. The monoisotopic (exact) mass is 582 g/mol. The number of carboxylic acids is 1. The number of carboxylic acid groups (broad SMARTS) is 1. The molecule has 2 aliphatic rings. The van der Waals surface area contributed by atoms with Gasteiger partial charge in [-0.1, -0.05) is 30.4 Å². The first-order chi connectivity index (χ1) is 19.8. The second-order valence-electron chi connectivity index (χ2n) is 10.0. The van der Waals surface area contributed by atoms with Gasteiger partial charge in [0.2, 0.25) is 10.0 Å². The van der Waals surface area contributed by atoms with Crippen LogP contribution in [-0.2, 0) is 26.1 Å². The van der Waals surface area contributed by atoms with Crippen LogP contribution in [0.25, 0.3) is 6.08 Å². The molecule has 0 radical (unpaired) electrons. The number of carbonyl (C=O) groups is 1. The molecule has 5 rings (SSSR count). The van der Waals surface area contributed by atoms with Gasteiger partial charge in [0.25, 0.3) is 0 Å². The summed E-state index contributed by atoms with van der Waals surface area (Å²) in [4.78, 5) is 11.5. The van der Waals surface area contributed by atoms with Crippen molar-refractivity contribution < 1.29 is 37.4 Å². The summed E-state index contributed by atoms with van der Waals surface area (Å²) in [7, 11) is -4.06. The minimum atomic E-state index is -4.06. The predicted molar refractivity (Wildman–Crippen MR) is 149 cm³/mol. The van der Waals surface area contributed by atoms with Gasteiger partial charge in [0, 0.05) is 31.7 Å². The van der Waals surface area contributed by atoms with Crippen LogP contribution < -0.4 is 10.2 Å². The molecule has 3 atom stereocenters. The molecule has 0 spiro atoms. The number of aliphatic carboxylic acids is 1. The lowest BCUT2D eigenvalue weighted by atomic mass is 9.88. The smallest absolute Gasteiger partial charge is 0.304 e. The maximum Gasteiger partial charge on any atom is 0.304 e. The van der Waals surface area contributed by atoms with Crippen LogP contribution in [0.4, 0.5) is 4.39 Å². The quantitative estimate of drug-likeness (QED) is 0.272. The third-order valence-electron chi connectivity index (χ3n) is 7.45. The summed E-state index contributed by atoms with van der Waals surface area (Å²) in [6.45, 7) is 0.450. The third-order valence-corrected chi connectivity index (χ3v) is 9.42. The number of sulfonamides is 1. The zero-order valence-corrected chi connectivity index (χ0v) is 23.0. The highest BCUT2D eigenvalue weighted by atomic mass is 32.2. The topological polar surface area (TPSA) is 125 Å². The molecule has 0 bridgehead atoms. The lowest BCUT2D eigenvalue weighted by Crippen LogP contribution is -2.47. The van der Waals surface area contributed by atoms with Crippen molar-refractivity contribution in [1.82, 2.24) is 9.79 Å². The van der Waals surface area contributed by atoms with E-state index in [0.29, 0.717) is 37.5 Å². The Kier molecular flexibility index (Phi) is 8.81. The van der Waals surface area contributed by atoms with E-state index in [1.165, 1.54) is 52.8 Å². The van der Waals surface area contributed by atoms with Gasteiger partial charge in [0.1, 0.15) is 17.3 Å². The van der Waals surface area contributed by atoms with Gasteiger partial charge in [0.15, 0.2) is 0 Å². The number of fused-ring (bicyclic) bond motifs is 1. The van der Waals surface area contributed by atoms with Crippen LogP contribution in [0.15, 0.2) is 77.7 Å².